The van der Waals surface area contributed by atoms with Gasteiger partial charge < -0.3 is 5.11 Å². The largest absolute Gasteiger partial charge is 0.512 e. The van der Waals surface area contributed by atoms with E-state index < -0.39 is 0 Å². The van der Waals surface area contributed by atoms with Crippen LogP contribution in [0.1, 0.15) is 13.8 Å². The van der Waals surface area contributed by atoms with Crippen molar-refractivity contribution in [2.45, 2.75) is 13.8 Å². The second-order valence-corrected chi connectivity index (χ2v) is 7.45. The predicted molar refractivity (Wildman–Crippen MR) is 116 cm³/mol. The number of benzene rings is 2. The normalized spacial score (nSPS) is 10.7. The zero-order valence-electron chi connectivity index (χ0n) is 16.4. The molecular formula is C24H19FIrNO2S-. The summed E-state index contributed by atoms with van der Waals surface area (Å²) < 4.78 is 14.2. The van der Waals surface area contributed by atoms with Crippen LogP contribution in [0.5, 0.6) is 0 Å². The number of aliphatic hydroxyl groups excluding tert-OH is 1. The van der Waals surface area contributed by atoms with E-state index in [0.717, 1.165) is 31.9 Å². The molecule has 4 rings (SSSR count). The van der Waals surface area contributed by atoms with Gasteiger partial charge in [-0.1, -0.05) is 18.2 Å². The molecule has 0 bridgehead atoms. The third-order valence-electron chi connectivity index (χ3n) is 3.90. The Balaban J connectivity index is 0.000000350. The number of halogens is 1. The Bertz CT molecular complexity index is 1150. The van der Waals surface area contributed by atoms with Gasteiger partial charge in [0.15, 0.2) is 5.78 Å². The van der Waals surface area contributed by atoms with Gasteiger partial charge in [-0.05, 0) is 49.4 Å². The van der Waals surface area contributed by atoms with Crippen molar-refractivity contribution in [3.63, 3.8) is 0 Å². The van der Waals surface area contributed by atoms with Gasteiger partial charge in [-0.25, -0.2) is 4.39 Å². The molecule has 1 N–H and O–H groups in total. The van der Waals surface area contributed by atoms with Gasteiger partial charge in [0.05, 0.1) is 16.0 Å². The van der Waals surface area contributed by atoms with Crippen molar-refractivity contribution in [3.8, 4) is 21.7 Å². The number of aliphatic hydroxyl groups is 1. The van der Waals surface area contributed by atoms with E-state index in [-0.39, 0.29) is 37.5 Å². The molecule has 0 aliphatic rings. The molecule has 155 valence electrons. The van der Waals surface area contributed by atoms with E-state index in [2.05, 4.69) is 18.2 Å². The number of allylic oxidation sites excluding steroid dienone is 2. The zero-order chi connectivity index (χ0) is 20.8. The van der Waals surface area contributed by atoms with Gasteiger partial charge in [-0.3, -0.25) is 9.78 Å². The molecule has 3 nitrogen and oxygen atoms in total. The summed E-state index contributed by atoms with van der Waals surface area (Å²) in [5.74, 6) is -0.280. The van der Waals surface area contributed by atoms with Crippen LogP contribution >= 0.6 is 11.3 Å². The van der Waals surface area contributed by atoms with Crippen LogP contribution in [-0.2, 0) is 24.9 Å². The number of hydrogen-bond donors (Lipinski definition) is 1. The van der Waals surface area contributed by atoms with Crippen molar-refractivity contribution in [1.82, 2.24) is 4.98 Å². The molecule has 2 aromatic carbocycles. The van der Waals surface area contributed by atoms with Crippen molar-refractivity contribution in [2.75, 3.05) is 0 Å². The van der Waals surface area contributed by atoms with Crippen LogP contribution in [0, 0.1) is 11.9 Å². The second kappa shape index (κ2) is 10.9. The van der Waals surface area contributed by atoms with Gasteiger partial charge in [-0.15, -0.1) is 47.2 Å². The molecule has 1 radical (unpaired) electrons. The van der Waals surface area contributed by atoms with E-state index in [9.17, 15) is 9.18 Å². The van der Waals surface area contributed by atoms with Gasteiger partial charge in [-0.2, -0.15) is 0 Å². The molecule has 0 spiro atoms. The van der Waals surface area contributed by atoms with E-state index in [1.807, 2.05) is 30.3 Å². The summed E-state index contributed by atoms with van der Waals surface area (Å²) in [6, 6.07) is 23.7. The van der Waals surface area contributed by atoms with Gasteiger partial charge in [0.25, 0.3) is 0 Å². The molecule has 30 heavy (non-hydrogen) atoms. The van der Waals surface area contributed by atoms with Gasteiger partial charge >= 0.3 is 0 Å². The Labute approximate surface area is 192 Å². The minimum atomic E-state index is -0.218. The molecule has 4 aromatic rings. The number of pyridine rings is 1. The second-order valence-electron chi connectivity index (χ2n) is 6.37. The molecule has 0 saturated heterocycles. The van der Waals surface area contributed by atoms with Gasteiger partial charge in [0.2, 0.25) is 0 Å². The third-order valence-corrected chi connectivity index (χ3v) is 5.04. The van der Waals surface area contributed by atoms with Crippen LogP contribution in [-0.4, -0.2) is 15.9 Å². The van der Waals surface area contributed by atoms with Crippen molar-refractivity contribution in [2.24, 2.45) is 0 Å². The first-order chi connectivity index (χ1) is 13.9. The molecule has 0 aliphatic heterocycles. The van der Waals surface area contributed by atoms with Crippen LogP contribution in [0.2, 0.25) is 0 Å². The van der Waals surface area contributed by atoms with Gasteiger partial charge in [0, 0.05) is 31.1 Å². The molecule has 6 heteroatoms. The Morgan fingerprint density at radius 3 is 2.40 bits per heavy atom. The van der Waals surface area contributed by atoms with E-state index in [1.165, 1.54) is 32.1 Å². The van der Waals surface area contributed by atoms with Crippen LogP contribution in [0.25, 0.3) is 31.9 Å². The number of fused-ring (bicyclic) bond motifs is 1. The molecule has 0 fully saturated rings. The Morgan fingerprint density at radius 2 is 1.83 bits per heavy atom. The number of ketones is 1. The van der Waals surface area contributed by atoms with Crippen LogP contribution in [0.4, 0.5) is 4.39 Å². The van der Waals surface area contributed by atoms with E-state index >= 15 is 0 Å². The number of aromatic nitrogens is 1. The summed E-state index contributed by atoms with van der Waals surface area (Å²) in [6.07, 6.45) is 1.17. The summed E-state index contributed by atoms with van der Waals surface area (Å²) in [6.45, 7) is 2.85. The minimum absolute atomic E-state index is 0. The SMILES string of the molecule is CC(=O)/C=C(/C)O.Fc1ccc(-c2cc3nc(-c4[c-]cccc4)ccc3s2)cc1.[Ir]. The maximum atomic E-state index is 13.0. The molecular weight excluding hydrogens is 578 g/mol. The first kappa shape index (κ1) is 23.6. The molecule has 2 aromatic heterocycles. The smallest absolute Gasteiger partial charge is 0.155 e. The summed E-state index contributed by atoms with van der Waals surface area (Å²) in [5, 5.41) is 8.36. The quantitative estimate of drug-likeness (QED) is 0.165. The molecule has 0 saturated carbocycles. The van der Waals surface area contributed by atoms with Gasteiger partial charge in [0.1, 0.15) is 5.82 Å². The van der Waals surface area contributed by atoms with E-state index in [4.69, 9.17) is 10.1 Å². The molecule has 0 aliphatic carbocycles. The third kappa shape index (κ3) is 6.42. The topological polar surface area (TPSA) is 50.2 Å². The standard InChI is InChI=1S/C19H11FNS.C5H8O2.Ir/c20-15-8-6-14(7-9-15)19-12-17-18(22-19)11-10-16(21-17)13-4-2-1-3-5-13;1-4(6)3-5(2)7;/h1-4,6-12H;3,6H,1-2H3;/q-1;;/b;4-3-;. The monoisotopic (exact) mass is 597 g/mol. The average Bonchev–Trinajstić information content (AvgIpc) is 3.12. The summed E-state index contributed by atoms with van der Waals surface area (Å²) >= 11 is 1.66. The Morgan fingerprint density at radius 1 is 1.10 bits per heavy atom. The predicted octanol–water partition coefficient (Wildman–Crippen LogP) is 6.60. The first-order valence-electron chi connectivity index (χ1n) is 8.94. The van der Waals surface area contributed by atoms with E-state index in [1.54, 1.807) is 23.5 Å². The molecule has 0 amide bonds. The fraction of sp³-hybridized carbons (Fsp3) is 0.0833. The number of thiophene rings is 1. The average molecular weight is 597 g/mol. The molecule has 2 heterocycles. The fourth-order valence-corrected chi connectivity index (χ4v) is 3.68. The zero-order valence-corrected chi connectivity index (χ0v) is 19.6. The summed E-state index contributed by atoms with van der Waals surface area (Å²) in [4.78, 5) is 15.8. The Hall–Kier alpha value is -2.66. The number of rotatable bonds is 3. The van der Waals surface area contributed by atoms with Crippen molar-refractivity contribution in [1.29, 1.82) is 0 Å². The summed E-state index contributed by atoms with van der Waals surface area (Å²) in [7, 11) is 0. The number of carbonyl (C=O) groups excluding carboxylic acids is 1. The number of nitrogens with zero attached hydrogens (tertiary/aromatic N) is 1. The van der Waals surface area contributed by atoms with E-state index in [0.29, 0.717) is 0 Å². The number of hydrogen-bond acceptors (Lipinski definition) is 4. The van der Waals surface area contributed by atoms with Crippen LogP contribution in [0.15, 0.2) is 78.6 Å². The van der Waals surface area contributed by atoms with Crippen LogP contribution in [0.3, 0.4) is 0 Å². The molecule has 0 unspecified atom stereocenters. The maximum Gasteiger partial charge on any atom is 0.155 e. The van der Waals surface area contributed by atoms with Crippen molar-refractivity contribution >= 4 is 27.3 Å². The first-order valence-corrected chi connectivity index (χ1v) is 9.75. The maximum absolute atomic E-state index is 13.0. The Kier molecular flexibility index (Phi) is 8.60. The summed E-state index contributed by atoms with van der Waals surface area (Å²) in [5.41, 5.74) is 3.87. The fourth-order valence-electron chi connectivity index (χ4n) is 2.68. The van der Waals surface area contributed by atoms with Crippen molar-refractivity contribution in [3.05, 3.63) is 90.4 Å². The number of carbonyl (C=O) groups is 1. The minimum Gasteiger partial charge on any atom is -0.512 e. The van der Waals surface area contributed by atoms with Crippen LogP contribution < -0.4 is 0 Å². The van der Waals surface area contributed by atoms with Crippen molar-refractivity contribution < 1.29 is 34.4 Å². The molecule has 0 atom stereocenters.